The Morgan fingerprint density at radius 2 is 1.96 bits per heavy atom. The molecule has 0 spiro atoms. The van der Waals surface area contributed by atoms with Gasteiger partial charge in [-0.05, 0) is 47.9 Å². The van der Waals surface area contributed by atoms with Crippen LogP contribution in [0.2, 0.25) is 0 Å². The van der Waals surface area contributed by atoms with Crippen LogP contribution in [0.5, 0.6) is 11.5 Å². The lowest BCUT2D eigenvalue weighted by Gasteiger charge is -2.29. The summed E-state index contributed by atoms with van der Waals surface area (Å²) >= 11 is 0. The van der Waals surface area contributed by atoms with E-state index in [9.17, 15) is 4.79 Å². The molecule has 1 aliphatic carbocycles. The SMILES string of the molecule is O=C1CCC2=C1C(c1ccc3c(c1)OCO3)c1ccc3ncccc3c1N2. The van der Waals surface area contributed by atoms with Gasteiger partial charge in [0.1, 0.15) is 0 Å². The highest BCUT2D eigenvalue weighted by atomic mass is 16.7. The van der Waals surface area contributed by atoms with Crippen molar-refractivity contribution >= 4 is 22.4 Å². The molecule has 6 rings (SSSR count). The Morgan fingerprint density at radius 3 is 2.93 bits per heavy atom. The number of carbonyl (C=O) groups is 1. The fraction of sp³-hybridized carbons (Fsp3) is 0.182. The Kier molecular flexibility index (Phi) is 2.92. The van der Waals surface area contributed by atoms with Crippen molar-refractivity contribution in [2.45, 2.75) is 18.8 Å². The van der Waals surface area contributed by atoms with Crippen LogP contribution in [0.3, 0.4) is 0 Å². The number of pyridine rings is 1. The summed E-state index contributed by atoms with van der Waals surface area (Å²) in [6.07, 6.45) is 3.12. The van der Waals surface area contributed by atoms with Gasteiger partial charge in [0.25, 0.3) is 0 Å². The smallest absolute Gasteiger partial charge is 0.231 e. The van der Waals surface area contributed by atoms with Gasteiger partial charge in [0.2, 0.25) is 6.79 Å². The second-order valence-corrected chi connectivity index (χ2v) is 7.09. The summed E-state index contributed by atoms with van der Waals surface area (Å²) in [5.41, 5.74) is 6.06. The molecule has 3 aromatic rings. The van der Waals surface area contributed by atoms with Gasteiger partial charge in [-0.3, -0.25) is 9.78 Å². The minimum atomic E-state index is -0.106. The molecule has 0 fully saturated rings. The largest absolute Gasteiger partial charge is 0.454 e. The van der Waals surface area contributed by atoms with Gasteiger partial charge in [0, 0.05) is 35.2 Å². The van der Waals surface area contributed by atoms with E-state index < -0.39 is 0 Å². The molecule has 3 aliphatic rings. The van der Waals surface area contributed by atoms with E-state index in [1.165, 1.54) is 0 Å². The number of rotatable bonds is 1. The van der Waals surface area contributed by atoms with E-state index in [1.54, 1.807) is 6.20 Å². The zero-order valence-electron chi connectivity index (χ0n) is 14.5. The summed E-state index contributed by atoms with van der Waals surface area (Å²) in [7, 11) is 0. The number of nitrogens with one attached hydrogen (secondary N) is 1. The summed E-state index contributed by atoms with van der Waals surface area (Å²) in [4.78, 5) is 17.2. The molecule has 27 heavy (non-hydrogen) atoms. The van der Waals surface area contributed by atoms with E-state index in [1.807, 2.05) is 30.3 Å². The molecule has 0 bridgehead atoms. The number of ketones is 1. The standard InChI is InChI=1S/C22H16N2O3/c25-17-7-6-16-21(17)20(12-3-8-18-19(10-12)27-11-26-18)14-4-5-15-13(22(14)24-16)2-1-9-23-15/h1-5,8-10,20,24H,6-7,11H2. The third kappa shape index (κ3) is 2.05. The number of hydrogen-bond acceptors (Lipinski definition) is 5. The first-order valence-electron chi connectivity index (χ1n) is 9.10. The number of nitrogens with zero attached hydrogens (tertiary/aromatic N) is 1. The number of allylic oxidation sites excluding steroid dienone is 2. The fourth-order valence-corrected chi connectivity index (χ4v) is 4.44. The van der Waals surface area contributed by atoms with E-state index in [4.69, 9.17) is 9.47 Å². The Balaban J connectivity index is 1.62. The van der Waals surface area contributed by atoms with Crippen LogP contribution in [0.1, 0.15) is 29.9 Å². The molecule has 5 heteroatoms. The maximum atomic E-state index is 12.7. The number of fused-ring (bicyclic) bond motifs is 4. The van der Waals surface area contributed by atoms with E-state index in [-0.39, 0.29) is 18.5 Å². The van der Waals surface area contributed by atoms with E-state index in [2.05, 4.69) is 22.4 Å². The minimum Gasteiger partial charge on any atom is -0.454 e. The predicted molar refractivity (Wildman–Crippen MR) is 101 cm³/mol. The molecule has 0 radical (unpaired) electrons. The van der Waals surface area contributed by atoms with Crippen LogP contribution in [-0.4, -0.2) is 17.6 Å². The third-order valence-corrected chi connectivity index (χ3v) is 5.65. The third-order valence-electron chi connectivity index (χ3n) is 5.65. The summed E-state index contributed by atoms with van der Waals surface area (Å²) < 4.78 is 11.0. The molecule has 0 amide bonds. The molecule has 1 atom stereocenters. The normalized spacial score (nSPS) is 19.9. The second kappa shape index (κ2) is 5.33. The van der Waals surface area contributed by atoms with Crippen molar-refractivity contribution in [3.8, 4) is 11.5 Å². The number of Topliss-reactive ketones (excluding diaryl/α,β-unsaturated/α-hetero) is 1. The van der Waals surface area contributed by atoms with Crippen LogP contribution in [0, 0.1) is 0 Å². The minimum absolute atomic E-state index is 0.106. The van der Waals surface area contributed by atoms with Crippen LogP contribution < -0.4 is 14.8 Å². The van der Waals surface area contributed by atoms with Gasteiger partial charge in [-0.15, -0.1) is 0 Å². The quantitative estimate of drug-likeness (QED) is 0.710. The molecule has 3 heterocycles. The Labute approximate surface area is 155 Å². The first-order valence-corrected chi connectivity index (χ1v) is 9.10. The van der Waals surface area contributed by atoms with Gasteiger partial charge in [-0.2, -0.15) is 0 Å². The maximum absolute atomic E-state index is 12.7. The van der Waals surface area contributed by atoms with Crippen molar-refractivity contribution in [2.24, 2.45) is 0 Å². The van der Waals surface area contributed by atoms with Crippen molar-refractivity contribution < 1.29 is 14.3 Å². The zero-order chi connectivity index (χ0) is 18.0. The van der Waals surface area contributed by atoms with Crippen molar-refractivity contribution in [1.82, 2.24) is 4.98 Å². The Hall–Kier alpha value is -3.34. The van der Waals surface area contributed by atoms with Gasteiger partial charge < -0.3 is 14.8 Å². The predicted octanol–water partition coefficient (Wildman–Crippen LogP) is 4.14. The molecule has 2 aliphatic heterocycles. The number of carbonyl (C=O) groups excluding carboxylic acids is 1. The summed E-state index contributed by atoms with van der Waals surface area (Å²) in [5, 5.41) is 4.62. The highest BCUT2D eigenvalue weighted by molar-refractivity contribution is 6.05. The van der Waals surface area contributed by atoms with Crippen LogP contribution in [-0.2, 0) is 4.79 Å². The van der Waals surface area contributed by atoms with Gasteiger partial charge >= 0.3 is 0 Å². The highest BCUT2D eigenvalue weighted by Crippen LogP contribution is 2.49. The average molecular weight is 356 g/mol. The number of aromatic nitrogens is 1. The summed E-state index contributed by atoms with van der Waals surface area (Å²) in [6, 6.07) is 14.1. The average Bonchev–Trinajstić information content (AvgIpc) is 3.32. The molecule has 0 saturated heterocycles. The highest BCUT2D eigenvalue weighted by Gasteiger charge is 2.37. The molecule has 2 aromatic carbocycles. The van der Waals surface area contributed by atoms with Gasteiger partial charge in [-0.25, -0.2) is 0 Å². The van der Waals surface area contributed by atoms with Crippen LogP contribution >= 0.6 is 0 Å². The number of ether oxygens (including phenoxy) is 2. The first kappa shape index (κ1) is 14.8. The Morgan fingerprint density at radius 1 is 1.04 bits per heavy atom. The Bertz CT molecular complexity index is 1170. The maximum Gasteiger partial charge on any atom is 0.231 e. The van der Waals surface area contributed by atoms with E-state index in [0.29, 0.717) is 6.42 Å². The van der Waals surface area contributed by atoms with Crippen molar-refractivity contribution in [3.05, 3.63) is 71.1 Å². The van der Waals surface area contributed by atoms with Gasteiger partial charge in [-0.1, -0.05) is 12.1 Å². The fourth-order valence-electron chi connectivity index (χ4n) is 4.44. The number of anilines is 1. The van der Waals surface area contributed by atoms with Gasteiger partial charge in [0.05, 0.1) is 11.2 Å². The molecule has 1 N–H and O–H groups in total. The molecule has 1 unspecified atom stereocenters. The van der Waals surface area contributed by atoms with Crippen LogP contribution in [0.4, 0.5) is 5.69 Å². The van der Waals surface area contributed by atoms with E-state index >= 15 is 0 Å². The number of hydrogen-bond donors (Lipinski definition) is 1. The second-order valence-electron chi connectivity index (χ2n) is 7.09. The topological polar surface area (TPSA) is 60.5 Å². The van der Waals surface area contributed by atoms with Crippen molar-refractivity contribution in [1.29, 1.82) is 0 Å². The lowest BCUT2D eigenvalue weighted by Crippen LogP contribution is -2.19. The lowest BCUT2D eigenvalue weighted by atomic mass is 9.80. The molecular weight excluding hydrogens is 340 g/mol. The van der Waals surface area contributed by atoms with Crippen LogP contribution in [0.15, 0.2) is 59.9 Å². The molecule has 1 aromatic heterocycles. The molecule has 0 saturated carbocycles. The molecule has 132 valence electrons. The van der Waals surface area contributed by atoms with Gasteiger partial charge in [0.15, 0.2) is 17.3 Å². The van der Waals surface area contributed by atoms with Crippen molar-refractivity contribution in [2.75, 3.05) is 12.1 Å². The summed E-state index contributed by atoms with van der Waals surface area (Å²) in [6.45, 7) is 0.241. The van der Waals surface area contributed by atoms with Crippen molar-refractivity contribution in [3.63, 3.8) is 0 Å². The summed E-state index contributed by atoms with van der Waals surface area (Å²) in [5.74, 6) is 1.60. The molecular formula is C22H16N2O3. The van der Waals surface area contributed by atoms with Crippen LogP contribution in [0.25, 0.3) is 10.9 Å². The molecule has 5 nitrogen and oxygen atoms in total. The number of benzene rings is 2. The van der Waals surface area contributed by atoms with E-state index in [0.717, 1.165) is 56.9 Å². The lowest BCUT2D eigenvalue weighted by molar-refractivity contribution is -0.115. The first-order chi connectivity index (χ1) is 13.3. The zero-order valence-corrected chi connectivity index (χ0v) is 14.5. The monoisotopic (exact) mass is 356 g/mol.